The summed E-state index contributed by atoms with van der Waals surface area (Å²) in [5, 5.41) is 8.30. The molecule has 0 aliphatic heterocycles. The molecule has 0 amide bonds. The summed E-state index contributed by atoms with van der Waals surface area (Å²) in [5.41, 5.74) is 5.12. The minimum atomic E-state index is -0.961. The Morgan fingerprint density at radius 2 is 1.93 bits per heavy atom. The summed E-state index contributed by atoms with van der Waals surface area (Å²) in [6.45, 7) is 0. The van der Waals surface area contributed by atoms with Gasteiger partial charge in [0.1, 0.15) is 11.6 Å². The predicted molar refractivity (Wildman–Crippen MR) is 48.5 cm³/mol. The molecular formula is C9H7ClF2N2. The Balaban J connectivity index is 3.15. The van der Waals surface area contributed by atoms with E-state index in [-0.39, 0.29) is 17.0 Å². The van der Waals surface area contributed by atoms with Crippen molar-refractivity contribution in [1.82, 2.24) is 0 Å². The summed E-state index contributed by atoms with van der Waals surface area (Å²) in [6.07, 6.45) is -0.143. The first-order valence-electron chi connectivity index (χ1n) is 3.83. The zero-order valence-electron chi connectivity index (χ0n) is 7.10. The van der Waals surface area contributed by atoms with Crippen molar-refractivity contribution in [2.45, 2.75) is 12.5 Å². The van der Waals surface area contributed by atoms with Gasteiger partial charge in [0.15, 0.2) is 0 Å². The normalized spacial score (nSPS) is 12.2. The van der Waals surface area contributed by atoms with Crippen molar-refractivity contribution in [3.63, 3.8) is 0 Å². The van der Waals surface area contributed by atoms with E-state index in [0.717, 1.165) is 12.1 Å². The second-order valence-corrected chi connectivity index (χ2v) is 3.19. The molecule has 0 saturated carbocycles. The maximum atomic E-state index is 13.2. The Labute approximate surface area is 84.9 Å². The molecule has 0 unspecified atom stereocenters. The zero-order chi connectivity index (χ0) is 10.7. The molecule has 0 saturated heterocycles. The van der Waals surface area contributed by atoms with Crippen molar-refractivity contribution in [2.24, 2.45) is 5.73 Å². The summed E-state index contributed by atoms with van der Waals surface area (Å²) >= 11 is 5.42. The van der Waals surface area contributed by atoms with Crippen LogP contribution in [0.3, 0.4) is 0 Å². The number of nitriles is 1. The molecular weight excluding hydrogens is 210 g/mol. The highest BCUT2D eigenvalue weighted by Crippen LogP contribution is 2.24. The van der Waals surface area contributed by atoms with Crippen LogP contribution in [0.4, 0.5) is 8.78 Å². The van der Waals surface area contributed by atoms with E-state index >= 15 is 0 Å². The number of hydrogen-bond donors (Lipinski definition) is 1. The number of halogens is 3. The third-order valence-electron chi connectivity index (χ3n) is 1.73. The molecule has 1 aromatic rings. The van der Waals surface area contributed by atoms with E-state index < -0.39 is 17.7 Å². The van der Waals surface area contributed by atoms with E-state index in [1.165, 1.54) is 0 Å². The fourth-order valence-electron chi connectivity index (χ4n) is 1.11. The van der Waals surface area contributed by atoms with Crippen LogP contribution >= 0.6 is 11.6 Å². The summed E-state index contributed by atoms with van der Waals surface area (Å²) in [4.78, 5) is 0. The van der Waals surface area contributed by atoms with Gasteiger partial charge in [-0.1, -0.05) is 11.6 Å². The standard InChI is InChI=1S/C9H7ClF2N2/c10-5-3-6(11)9(7(12)4-5)8(14)1-2-13/h3-4,8H,1,14H2/t8-/m0/s1. The quantitative estimate of drug-likeness (QED) is 0.826. The third kappa shape index (κ3) is 2.19. The average molecular weight is 217 g/mol. The molecule has 0 fully saturated rings. The molecule has 14 heavy (non-hydrogen) atoms. The van der Waals surface area contributed by atoms with Crippen molar-refractivity contribution >= 4 is 11.6 Å². The predicted octanol–water partition coefficient (Wildman–Crippen LogP) is 2.53. The molecule has 74 valence electrons. The number of nitrogens with two attached hydrogens (primary N) is 1. The number of benzene rings is 1. The fraction of sp³-hybridized carbons (Fsp3) is 0.222. The monoisotopic (exact) mass is 216 g/mol. The van der Waals surface area contributed by atoms with Gasteiger partial charge in [-0.15, -0.1) is 0 Å². The van der Waals surface area contributed by atoms with Crippen molar-refractivity contribution in [3.8, 4) is 6.07 Å². The first-order chi connectivity index (χ1) is 6.56. The lowest BCUT2D eigenvalue weighted by atomic mass is 10.0. The molecule has 0 heterocycles. The fourth-order valence-corrected chi connectivity index (χ4v) is 1.30. The van der Waals surface area contributed by atoms with Crippen LogP contribution < -0.4 is 5.73 Å². The Morgan fingerprint density at radius 1 is 1.43 bits per heavy atom. The minimum Gasteiger partial charge on any atom is -0.323 e. The minimum absolute atomic E-state index is 0.0343. The molecule has 2 N–H and O–H groups in total. The molecule has 0 spiro atoms. The molecule has 1 rings (SSSR count). The Hall–Kier alpha value is -1.18. The van der Waals surface area contributed by atoms with Crippen molar-refractivity contribution < 1.29 is 8.78 Å². The molecule has 0 aliphatic carbocycles. The molecule has 0 radical (unpaired) electrons. The van der Waals surface area contributed by atoms with E-state index in [1.54, 1.807) is 6.07 Å². The summed E-state index contributed by atoms with van der Waals surface area (Å²) < 4.78 is 26.3. The van der Waals surface area contributed by atoms with Crippen molar-refractivity contribution in [1.29, 1.82) is 5.26 Å². The van der Waals surface area contributed by atoms with E-state index in [4.69, 9.17) is 22.6 Å². The summed E-state index contributed by atoms with van der Waals surface area (Å²) in [7, 11) is 0. The molecule has 0 aliphatic rings. The van der Waals surface area contributed by atoms with Crippen LogP contribution in [0.2, 0.25) is 5.02 Å². The highest BCUT2D eigenvalue weighted by Gasteiger charge is 2.17. The van der Waals surface area contributed by atoms with Crippen LogP contribution in [0.15, 0.2) is 12.1 Å². The highest BCUT2D eigenvalue weighted by molar-refractivity contribution is 6.30. The Kier molecular flexibility index (Phi) is 3.39. The maximum absolute atomic E-state index is 13.2. The molecule has 2 nitrogen and oxygen atoms in total. The van der Waals surface area contributed by atoms with Gasteiger partial charge >= 0.3 is 0 Å². The van der Waals surface area contributed by atoms with Crippen LogP contribution in [0.1, 0.15) is 18.0 Å². The maximum Gasteiger partial charge on any atom is 0.132 e. The lowest BCUT2D eigenvalue weighted by Gasteiger charge is -2.10. The Bertz CT molecular complexity index is 364. The van der Waals surface area contributed by atoms with Crippen LogP contribution in [0, 0.1) is 23.0 Å². The number of hydrogen-bond acceptors (Lipinski definition) is 2. The van der Waals surface area contributed by atoms with Gasteiger partial charge in [-0.25, -0.2) is 8.78 Å². The zero-order valence-corrected chi connectivity index (χ0v) is 7.85. The van der Waals surface area contributed by atoms with E-state index in [9.17, 15) is 8.78 Å². The van der Waals surface area contributed by atoms with Gasteiger partial charge in [-0.2, -0.15) is 5.26 Å². The number of nitrogens with zero attached hydrogens (tertiary/aromatic N) is 1. The van der Waals surface area contributed by atoms with Gasteiger partial charge in [-0.3, -0.25) is 0 Å². The largest absolute Gasteiger partial charge is 0.323 e. The SMILES string of the molecule is N#CC[C@H](N)c1c(F)cc(Cl)cc1F. The van der Waals surface area contributed by atoms with Crippen molar-refractivity contribution in [2.75, 3.05) is 0 Å². The molecule has 1 atom stereocenters. The third-order valence-corrected chi connectivity index (χ3v) is 1.94. The summed E-state index contributed by atoms with van der Waals surface area (Å²) in [5.74, 6) is -1.64. The molecule has 0 bridgehead atoms. The second kappa shape index (κ2) is 4.36. The first kappa shape index (κ1) is 10.9. The summed E-state index contributed by atoms with van der Waals surface area (Å²) in [6, 6.07) is 2.72. The molecule has 0 aromatic heterocycles. The van der Waals surface area contributed by atoms with Gasteiger partial charge < -0.3 is 5.73 Å². The topological polar surface area (TPSA) is 49.8 Å². The van der Waals surface area contributed by atoms with Crippen LogP contribution in [-0.2, 0) is 0 Å². The smallest absolute Gasteiger partial charge is 0.132 e. The van der Waals surface area contributed by atoms with Crippen LogP contribution in [-0.4, -0.2) is 0 Å². The number of rotatable bonds is 2. The average Bonchev–Trinajstić information content (AvgIpc) is 2.01. The highest BCUT2D eigenvalue weighted by atomic mass is 35.5. The van der Waals surface area contributed by atoms with E-state index in [0.29, 0.717) is 0 Å². The molecule has 5 heteroatoms. The van der Waals surface area contributed by atoms with Crippen LogP contribution in [0.5, 0.6) is 0 Å². The lowest BCUT2D eigenvalue weighted by Crippen LogP contribution is -2.13. The van der Waals surface area contributed by atoms with E-state index in [1.807, 2.05) is 0 Å². The van der Waals surface area contributed by atoms with Crippen molar-refractivity contribution in [3.05, 3.63) is 34.4 Å². The van der Waals surface area contributed by atoms with Gasteiger partial charge in [0.25, 0.3) is 0 Å². The Morgan fingerprint density at radius 3 is 2.36 bits per heavy atom. The lowest BCUT2D eigenvalue weighted by molar-refractivity contribution is 0.528. The van der Waals surface area contributed by atoms with Crippen LogP contribution in [0.25, 0.3) is 0 Å². The van der Waals surface area contributed by atoms with Gasteiger partial charge in [0, 0.05) is 16.6 Å². The van der Waals surface area contributed by atoms with E-state index in [2.05, 4.69) is 0 Å². The van der Waals surface area contributed by atoms with Gasteiger partial charge in [0.2, 0.25) is 0 Å². The second-order valence-electron chi connectivity index (χ2n) is 2.75. The molecule has 1 aromatic carbocycles. The van der Waals surface area contributed by atoms with Gasteiger partial charge in [-0.05, 0) is 12.1 Å². The van der Waals surface area contributed by atoms with Gasteiger partial charge in [0.05, 0.1) is 12.5 Å². The first-order valence-corrected chi connectivity index (χ1v) is 4.21.